The van der Waals surface area contributed by atoms with Gasteiger partial charge in [0.1, 0.15) is 17.4 Å². The van der Waals surface area contributed by atoms with Crippen molar-refractivity contribution in [3.63, 3.8) is 0 Å². The van der Waals surface area contributed by atoms with Crippen molar-refractivity contribution in [3.8, 4) is 5.75 Å². The molecule has 0 spiro atoms. The maximum Gasteiger partial charge on any atom is 0.409 e. The number of halogens is 3. The summed E-state index contributed by atoms with van der Waals surface area (Å²) in [7, 11) is -2.12. The van der Waals surface area contributed by atoms with Gasteiger partial charge in [-0.1, -0.05) is 12.1 Å². The number of sulfonamides is 1. The predicted octanol–water partition coefficient (Wildman–Crippen LogP) is 3.27. The van der Waals surface area contributed by atoms with Gasteiger partial charge in [-0.25, -0.2) is 13.4 Å². The van der Waals surface area contributed by atoms with Gasteiger partial charge in [-0.15, -0.1) is 0 Å². The Balaban J connectivity index is 2.05. The highest BCUT2D eigenvalue weighted by Crippen LogP contribution is 2.40. The first-order chi connectivity index (χ1) is 12.6. The Morgan fingerprint density at radius 1 is 1.15 bits per heavy atom. The summed E-state index contributed by atoms with van der Waals surface area (Å²) in [5.41, 5.74) is 0.275. The molecule has 3 rings (SSSR count). The molecule has 0 amide bonds. The lowest BCUT2D eigenvalue weighted by Gasteiger charge is -2.29. The quantitative estimate of drug-likeness (QED) is 0.661. The molecule has 0 bridgehead atoms. The van der Waals surface area contributed by atoms with E-state index in [1.54, 1.807) is 0 Å². The maximum atomic E-state index is 13.7. The molecule has 6 nitrogen and oxygen atoms in total. The van der Waals surface area contributed by atoms with E-state index < -0.39 is 22.2 Å². The second-order valence-electron chi connectivity index (χ2n) is 5.80. The van der Waals surface area contributed by atoms with Crippen LogP contribution in [0.5, 0.6) is 5.75 Å². The van der Waals surface area contributed by atoms with Crippen molar-refractivity contribution in [2.24, 2.45) is 0 Å². The molecule has 144 valence electrons. The normalized spacial score (nSPS) is 13.9. The van der Waals surface area contributed by atoms with Gasteiger partial charge in [-0.05, 0) is 29.8 Å². The third kappa shape index (κ3) is 3.62. The van der Waals surface area contributed by atoms with Crippen LogP contribution in [0, 0.1) is 0 Å². The number of hydrogen-bond acceptors (Lipinski definition) is 4. The van der Waals surface area contributed by atoms with Crippen LogP contribution in [-0.4, -0.2) is 42.4 Å². The average Bonchev–Trinajstić information content (AvgIpc) is 3.09. The fraction of sp³-hybridized carbons (Fsp3) is 0.235. The fourth-order valence-electron chi connectivity index (χ4n) is 2.75. The number of rotatable bonds is 5. The minimum absolute atomic E-state index is 0.210. The van der Waals surface area contributed by atoms with Gasteiger partial charge in [0.05, 0.1) is 12.0 Å². The number of alkyl halides is 3. The van der Waals surface area contributed by atoms with Gasteiger partial charge in [0.25, 0.3) is 0 Å². The van der Waals surface area contributed by atoms with Crippen LogP contribution in [0.15, 0.2) is 59.9 Å². The molecule has 1 aromatic carbocycles. The molecule has 2 aromatic heterocycles. The van der Waals surface area contributed by atoms with Crippen molar-refractivity contribution >= 4 is 15.7 Å². The maximum absolute atomic E-state index is 13.7. The van der Waals surface area contributed by atoms with E-state index in [-0.39, 0.29) is 10.5 Å². The second-order valence-corrected chi connectivity index (χ2v) is 7.79. The van der Waals surface area contributed by atoms with E-state index in [2.05, 4.69) is 4.98 Å². The molecule has 0 saturated carbocycles. The Labute approximate surface area is 153 Å². The number of pyridine rings is 1. The molecule has 10 heteroatoms. The Bertz CT molecular complexity index is 1050. The lowest BCUT2D eigenvalue weighted by Crippen LogP contribution is -2.39. The first-order valence-corrected chi connectivity index (χ1v) is 9.20. The molecular weight excluding hydrogens is 383 g/mol. The topological polar surface area (TPSA) is 63.9 Å². The first kappa shape index (κ1) is 19.2. The van der Waals surface area contributed by atoms with Crippen molar-refractivity contribution in [1.29, 1.82) is 0 Å². The van der Waals surface area contributed by atoms with Crippen LogP contribution in [0.2, 0.25) is 0 Å². The summed E-state index contributed by atoms with van der Waals surface area (Å²) in [5.74, 6) is 0.371. The van der Waals surface area contributed by atoms with Crippen LogP contribution in [0.1, 0.15) is 11.6 Å². The molecule has 3 aromatic rings. The Hall–Kier alpha value is -2.59. The number of nitrogens with zero attached hydrogens (tertiary/aromatic N) is 3. The lowest BCUT2D eigenvalue weighted by molar-refractivity contribution is -0.171. The third-order valence-corrected chi connectivity index (χ3v) is 5.95. The minimum atomic E-state index is -4.81. The Morgan fingerprint density at radius 3 is 2.41 bits per heavy atom. The Kier molecular flexibility index (Phi) is 4.87. The van der Waals surface area contributed by atoms with E-state index in [4.69, 9.17) is 4.74 Å². The monoisotopic (exact) mass is 399 g/mol. The first-order valence-electron chi connectivity index (χ1n) is 7.76. The van der Waals surface area contributed by atoms with Crippen molar-refractivity contribution in [1.82, 2.24) is 13.7 Å². The van der Waals surface area contributed by atoms with Gasteiger partial charge >= 0.3 is 6.18 Å². The molecule has 1 unspecified atom stereocenters. The zero-order chi connectivity index (χ0) is 19.8. The summed E-state index contributed by atoms with van der Waals surface area (Å²) in [6.45, 7) is 0. The summed E-state index contributed by atoms with van der Waals surface area (Å²) < 4.78 is 73.6. The molecule has 27 heavy (non-hydrogen) atoms. The van der Waals surface area contributed by atoms with Gasteiger partial charge in [-0.2, -0.15) is 17.5 Å². The van der Waals surface area contributed by atoms with E-state index in [0.29, 0.717) is 15.7 Å². The zero-order valence-corrected chi connectivity index (χ0v) is 15.2. The van der Waals surface area contributed by atoms with Crippen LogP contribution in [-0.2, 0) is 10.0 Å². The molecule has 0 aliphatic heterocycles. The standard InChI is InChI=1S/C17H16F3N3O3S/c1-22(16(17(18,19)20)12-3-5-13(26-2)6-4-12)27(24,25)14-7-8-15-21-9-10-23(15)11-14/h3-11,16H,1-2H3. The summed E-state index contributed by atoms with van der Waals surface area (Å²) in [6.07, 6.45) is -0.602. The molecule has 0 saturated heterocycles. The highest BCUT2D eigenvalue weighted by molar-refractivity contribution is 7.89. The third-order valence-electron chi connectivity index (χ3n) is 4.14. The van der Waals surface area contributed by atoms with Crippen molar-refractivity contribution in [2.45, 2.75) is 17.1 Å². The van der Waals surface area contributed by atoms with E-state index in [0.717, 1.165) is 7.05 Å². The largest absolute Gasteiger partial charge is 0.497 e. The Morgan fingerprint density at radius 2 is 1.81 bits per heavy atom. The molecule has 0 N–H and O–H groups in total. The molecule has 0 aliphatic rings. The van der Waals surface area contributed by atoms with Gasteiger partial charge < -0.3 is 9.14 Å². The van der Waals surface area contributed by atoms with E-state index in [9.17, 15) is 21.6 Å². The van der Waals surface area contributed by atoms with Crippen LogP contribution >= 0.6 is 0 Å². The lowest BCUT2D eigenvalue weighted by atomic mass is 10.1. The van der Waals surface area contributed by atoms with E-state index in [1.807, 2.05) is 0 Å². The zero-order valence-electron chi connectivity index (χ0n) is 14.4. The van der Waals surface area contributed by atoms with Crippen LogP contribution in [0.25, 0.3) is 5.65 Å². The molecule has 2 heterocycles. The highest BCUT2D eigenvalue weighted by atomic mass is 32.2. The summed E-state index contributed by atoms with van der Waals surface area (Å²) >= 11 is 0. The van der Waals surface area contributed by atoms with E-state index >= 15 is 0 Å². The number of hydrogen-bond donors (Lipinski definition) is 0. The average molecular weight is 399 g/mol. The smallest absolute Gasteiger partial charge is 0.409 e. The van der Waals surface area contributed by atoms with Gasteiger partial charge in [0, 0.05) is 25.6 Å². The van der Waals surface area contributed by atoms with Crippen molar-refractivity contribution in [2.75, 3.05) is 14.2 Å². The van der Waals surface area contributed by atoms with Gasteiger partial charge in [-0.3, -0.25) is 0 Å². The summed E-state index contributed by atoms with van der Waals surface area (Å²) in [5, 5.41) is 0. The molecule has 0 radical (unpaired) electrons. The molecule has 1 atom stereocenters. The number of methoxy groups -OCH3 is 1. The van der Waals surface area contributed by atoms with Crippen LogP contribution in [0.4, 0.5) is 13.2 Å². The van der Waals surface area contributed by atoms with Crippen molar-refractivity contribution < 1.29 is 26.3 Å². The number of benzene rings is 1. The number of aromatic nitrogens is 2. The number of fused-ring (bicyclic) bond motifs is 1. The SMILES string of the molecule is COc1ccc(C(N(C)S(=O)(=O)c2ccc3nccn3c2)C(F)(F)F)cc1. The second kappa shape index (κ2) is 6.86. The predicted molar refractivity (Wildman–Crippen MR) is 91.9 cm³/mol. The molecule has 0 aliphatic carbocycles. The highest BCUT2D eigenvalue weighted by Gasteiger charge is 2.47. The minimum Gasteiger partial charge on any atom is -0.497 e. The van der Waals surface area contributed by atoms with Gasteiger partial charge in [0.2, 0.25) is 10.0 Å². The summed E-state index contributed by atoms with van der Waals surface area (Å²) in [6, 6.07) is 5.42. The number of ether oxygens (including phenoxy) is 1. The van der Waals surface area contributed by atoms with Crippen molar-refractivity contribution in [3.05, 3.63) is 60.6 Å². The van der Waals surface area contributed by atoms with E-state index in [1.165, 1.54) is 66.5 Å². The molecular formula is C17H16F3N3O3S. The van der Waals surface area contributed by atoms with Crippen LogP contribution in [0.3, 0.4) is 0 Å². The number of imidazole rings is 1. The molecule has 0 fully saturated rings. The van der Waals surface area contributed by atoms with Gasteiger partial charge in [0.15, 0.2) is 0 Å². The fourth-order valence-corrected chi connectivity index (χ4v) is 4.09. The summed E-state index contributed by atoms with van der Waals surface area (Å²) in [4.78, 5) is 3.72. The van der Waals surface area contributed by atoms with Crippen LogP contribution < -0.4 is 4.74 Å².